The first-order chi connectivity index (χ1) is 15.8. The van der Waals surface area contributed by atoms with E-state index in [1.54, 1.807) is 30.3 Å². The molecule has 0 aliphatic carbocycles. The Morgan fingerprint density at radius 1 is 1.15 bits per heavy atom. The molecule has 1 unspecified atom stereocenters. The average Bonchev–Trinajstić information content (AvgIpc) is 2.82. The Morgan fingerprint density at radius 2 is 1.79 bits per heavy atom. The molecule has 0 spiro atoms. The lowest BCUT2D eigenvalue weighted by atomic mass is 9.81. The highest BCUT2D eigenvalue weighted by atomic mass is 79.9. The first-order valence-electron chi connectivity index (χ1n) is 9.36. The van der Waals surface area contributed by atoms with Gasteiger partial charge < -0.3 is 15.2 Å². The number of nitrogens with zero attached hydrogens (tertiary/aromatic N) is 3. The second-order valence-electron chi connectivity index (χ2n) is 6.73. The zero-order chi connectivity index (χ0) is 24.3. The number of rotatable bonds is 5. The number of nitro benzene ring substituents is 1. The molecule has 0 bridgehead atoms. The molecular weight excluding hydrogens is 496 g/mol. The molecule has 1 heterocycles. The summed E-state index contributed by atoms with van der Waals surface area (Å²) in [6, 6.07) is 14.3. The monoisotopic (exact) mass is 512 g/mol. The molecule has 0 fully saturated rings. The van der Waals surface area contributed by atoms with E-state index in [9.17, 15) is 25.0 Å². The van der Waals surface area contributed by atoms with E-state index < -0.39 is 22.8 Å². The van der Waals surface area contributed by atoms with Crippen LogP contribution in [0.25, 0.3) is 0 Å². The zero-order valence-electron chi connectivity index (χ0n) is 17.4. The number of nitrogens with two attached hydrogens (primary N) is 1. The molecular formula is C22H17BrN4O6. The summed E-state index contributed by atoms with van der Waals surface area (Å²) < 4.78 is 10.1. The van der Waals surface area contributed by atoms with Crippen molar-refractivity contribution in [1.82, 2.24) is 0 Å². The summed E-state index contributed by atoms with van der Waals surface area (Å²) >= 11 is 3.25. The molecule has 0 saturated heterocycles. The lowest BCUT2D eigenvalue weighted by Gasteiger charge is -2.36. The van der Waals surface area contributed by atoms with Crippen LogP contribution in [0.3, 0.4) is 0 Å². The van der Waals surface area contributed by atoms with Crippen LogP contribution in [-0.2, 0) is 19.1 Å². The van der Waals surface area contributed by atoms with Gasteiger partial charge in [-0.2, -0.15) is 5.26 Å². The number of hydrogen-bond donors (Lipinski definition) is 1. The molecule has 1 aliphatic heterocycles. The average molecular weight is 513 g/mol. The topological polar surface area (TPSA) is 149 Å². The number of halogens is 1. The lowest BCUT2D eigenvalue weighted by Crippen LogP contribution is -2.40. The number of hydrogen-bond acceptors (Lipinski definition) is 9. The molecule has 0 aromatic heterocycles. The van der Waals surface area contributed by atoms with E-state index in [0.717, 1.165) is 19.1 Å². The maximum absolute atomic E-state index is 13.0. The predicted octanol–water partition coefficient (Wildman–Crippen LogP) is 3.26. The third-order valence-electron chi connectivity index (χ3n) is 4.99. The number of esters is 2. The van der Waals surface area contributed by atoms with E-state index in [1.807, 2.05) is 6.07 Å². The molecule has 2 N–H and O–H groups in total. The fraction of sp³-hybridized carbons (Fsp3) is 0.136. The van der Waals surface area contributed by atoms with Gasteiger partial charge in [-0.15, -0.1) is 0 Å². The Bertz CT molecular complexity index is 1250. The number of benzene rings is 2. The highest BCUT2D eigenvalue weighted by Gasteiger charge is 2.43. The van der Waals surface area contributed by atoms with Crippen LogP contribution in [-0.4, -0.2) is 31.1 Å². The SMILES string of the molecule is COC(=O)C1=C(C(=O)OC)N(c2ccc([N+](=O)[O-])cc2Br)C(N)=C(C#N)C1c1ccccc1. The van der Waals surface area contributed by atoms with Gasteiger partial charge in [0.25, 0.3) is 5.69 Å². The van der Waals surface area contributed by atoms with Crippen LogP contribution in [0.4, 0.5) is 11.4 Å². The summed E-state index contributed by atoms with van der Waals surface area (Å²) in [5.74, 6) is -2.94. The summed E-state index contributed by atoms with van der Waals surface area (Å²) in [7, 11) is 2.27. The van der Waals surface area contributed by atoms with Gasteiger partial charge in [-0.05, 0) is 27.6 Å². The molecule has 3 rings (SSSR count). The molecule has 10 nitrogen and oxygen atoms in total. The van der Waals surface area contributed by atoms with Crippen LogP contribution in [0, 0.1) is 21.4 Å². The van der Waals surface area contributed by atoms with Crippen LogP contribution in [0.15, 0.2) is 75.7 Å². The van der Waals surface area contributed by atoms with Gasteiger partial charge >= 0.3 is 11.9 Å². The van der Waals surface area contributed by atoms with Crippen LogP contribution in [0.2, 0.25) is 0 Å². The molecule has 11 heteroatoms. The van der Waals surface area contributed by atoms with Crippen molar-refractivity contribution in [2.24, 2.45) is 5.73 Å². The van der Waals surface area contributed by atoms with Crippen LogP contribution < -0.4 is 10.6 Å². The van der Waals surface area contributed by atoms with E-state index >= 15 is 0 Å². The normalized spacial score (nSPS) is 15.7. The molecule has 168 valence electrons. The summed E-state index contributed by atoms with van der Waals surface area (Å²) in [5, 5.41) is 21.1. The van der Waals surface area contributed by atoms with Gasteiger partial charge in [0.1, 0.15) is 11.5 Å². The Kier molecular flexibility index (Phi) is 6.79. The maximum Gasteiger partial charge on any atom is 0.355 e. The van der Waals surface area contributed by atoms with E-state index in [4.69, 9.17) is 15.2 Å². The van der Waals surface area contributed by atoms with Gasteiger partial charge in [0, 0.05) is 16.6 Å². The van der Waals surface area contributed by atoms with Gasteiger partial charge in [-0.25, -0.2) is 9.59 Å². The Morgan fingerprint density at radius 3 is 2.30 bits per heavy atom. The highest BCUT2D eigenvalue weighted by Crippen LogP contribution is 2.45. The number of nitro groups is 1. The molecule has 1 aliphatic rings. The van der Waals surface area contributed by atoms with Crippen molar-refractivity contribution in [3.8, 4) is 6.07 Å². The smallest absolute Gasteiger partial charge is 0.355 e. The van der Waals surface area contributed by atoms with Gasteiger partial charge in [0.05, 0.1) is 48.0 Å². The van der Waals surface area contributed by atoms with Crippen molar-refractivity contribution in [3.05, 3.63) is 91.3 Å². The number of carbonyl (C=O) groups excluding carboxylic acids is 2. The molecule has 33 heavy (non-hydrogen) atoms. The molecule has 2 aromatic carbocycles. The maximum atomic E-state index is 13.0. The predicted molar refractivity (Wildman–Crippen MR) is 120 cm³/mol. The number of nitriles is 1. The second kappa shape index (κ2) is 9.54. The molecule has 0 amide bonds. The molecule has 0 radical (unpaired) electrons. The second-order valence-corrected chi connectivity index (χ2v) is 7.58. The van der Waals surface area contributed by atoms with Crippen LogP contribution in [0.1, 0.15) is 11.5 Å². The molecule has 1 atom stereocenters. The minimum absolute atomic E-state index is 0.0143. The van der Waals surface area contributed by atoms with Crippen molar-refractivity contribution >= 4 is 39.2 Å². The summed E-state index contributed by atoms with van der Waals surface area (Å²) in [6.07, 6.45) is 0. The number of non-ortho nitro benzene ring substituents is 1. The van der Waals surface area contributed by atoms with Crippen molar-refractivity contribution in [1.29, 1.82) is 5.26 Å². The van der Waals surface area contributed by atoms with Crippen molar-refractivity contribution in [2.75, 3.05) is 19.1 Å². The Hall–Kier alpha value is -4.17. The fourth-order valence-electron chi connectivity index (χ4n) is 3.55. The summed E-state index contributed by atoms with van der Waals surface area (Å²) in [4.78, 5) is 37.7. The number of carbonyl (C=O) groups is 2. The highest BCUT2D eigenvalue weighted by molar-refractivity contribution is 9.10. The minimum atomic E-state index is -1.01. The lowest BCUT2D eigenvalue weighted by molar-refractivity contribution is -0.384. The Labute approximate surface area is 196 Å². The number of anilines is 1. The standard InChI is InChI=1S/C22H17BrN4O6/c1-32-21(28)18-17(12-6-4-3-5-7-12)14(11-24)20(25)26(19(18)22(29)33-2)16-9-8-13(27(30)31)10-15(16)23/h3-10,17H,25H2,1-2H3. The van der Waals surface area contributed by atoms with Crippen LogP contribution in [0.5, 0.6) is 0 Å². The first-order valence-corrected chi connectivity index (χ1v) is 10.2. The van der Waals surface area contributed by atoms with E-state index in [0.29, 0.717) is 5.56 Å². The van der Waals surface area contributed by atoms with Crippen molar-refractivity contribution in [2.45, 2.75) is 5.92 Å². The number of methoxy groups -OCH3 is 2. The molecule has 0 saturated carbocycles. The quantitative estimate of drug-likeness (QED) is 0.361. The van der Waals surface area contributed by atoms with Gasteiger partial charge in [0.15, 0.2) is 0 Å². The zero-order valence-corrected chi connectivity index (χ0v) is 19.0. The van der Waals surface area contributed by atoms with Crippen molar-refractivity contribution in [3.63, 3.8) is 0 Å². The van der Waals surface area contributed by atoms with Gasteiger partial charge in [-0.3, -0.25) is 15.0 Å². The fourth-order valence-corrected chi connectivity index (χ4v) is 4.10. The van der Waals surface area contributed by atoms with E-state index in [1.165, 1.54) is 18.2 Å². The Balaban J connectivity index is 2.41. The summed E-state index contributed by atoms with van der Waals surface area (Å²) in [5.41, 5.74) is 6.42. The van der Waals surface area contributed by atoms with Crippen molar-refractivity contribution < 1.29 is 24.0 Å². The van der Waals surface area contributed by atoms with E-state index in [-0.39, 0.29) is 38.5 Å². The minimum Gasteiger partial charge on any atom is -0.466 e. The largest absolute Gasteiger partial charge is 0.466 e. The third kappa shape index (κ3) is 4.16. The number of ether oxygens (including phenoxy) is 2. The third-order valence-corrected chi connectivity index (χ3v) is 5.63. The van der Waals surface area contributed by atoms with Crippen LogP contribution >= 0.6 is 15.9 Å². The van der Waals surface area contributed by atoms with Gasteiger partial charge in [0.2, 0.25) is 0 Å². The van der Waals surface area contributed by atoms with Gasteiger partial charge in [-0.1, -0.05) is 30.3 Å². The number of allylic oxidation sites excluding steroid dienone is 1. The van der Waals surface area contributed by atoms with E-state index in [2.05, 4.69) is 15.9 Å². The first kappa shape index (κ1) is 23.5. The summed E-state index contributed by atoms with van der Waals surface area (Å²) in [6.45, 7) is 0. The molecule has 2 aromatic rings.